The maximum absolute atomic E-state index is 11.4. The van der Waals surface area contributed by atoms with Crippen LogP contribution < -0.4 is 14.8 Å². The van der Waals surface area contributed by atoms with E-state index >= 15 is 0 Å². The summed E-state index contributed by atoms with van der Waals surface area (Å²) < 4.78 is 10.7. The number of anilines is 1. The zero-order chi connectivity index (χ0) is 20.4. The summed E-state index contributed by atoms with van der Waals surface area (Å²) in [6, 6.07) is 9.17. The Hall–Kier alpha value is -3.94. The van der Waals surface area contributed by atoms with Crippen LogP contribution in [-0.4, -0.2) is 40.1 Å². The van der Waals surface area contributed by atoms with Gasteiger partial charge in [-0.3, -0.25) is 14.8 Å². The average Bonchev–Trinajstić information content (AvgIpc) is 3.13. The molecule has 0 fully saturated rings. The number of hydrogen-bond acceptors (Lipinski definition) is 6. The molecule has 0 aromatic carbocycles. The number of carbonyl (C=O) groups is 1. The molecule has 8 heteroatoms. The number of fused-ring (bicyclic) bond motifs is 1. The minimum Gasteiger partial charge on any atom is -0.495 e. The number of rotatable bonds is 5. The second kappa shape index (κ2) is 7.59. The third-order valence-electron chi connectivity index (χ3n) is 4.45. The van der Waals surface area contributed by atoms with Gasteiger partial charge in [-0.15, -0.1) is 0 Å². The van der Waals surface area contributed by atoms with E-state index in [2.05, 4.69) is 25.3 Å². The first kappa shape index (κ1) is 18.4. The van der Waals surface area contributed by atoms with Gasteiger partial charge in [0.25, 0.3) is 0 Å². The van der Waals surface area contributed by atoms with E-state index in [0.717, 1.165) is 33.5 Å². The van der Waals surface area contributed by atoms with Crippen LogP contribution in [0.1, 0.15) is 6.92 Å². The maximum atomic E-state index is 11.4. The highest BCUT2D eigenvalue weighted by Crippen LogP contribution is 2.39. The molecule has 0 saturated heterocycles. The van der Waals surface area contributed by atoms with Gasteiger partial charge in [0.05, 0.1) is 37.4 Å². The van der Waals surface area contributed by atoms with E-state index in [1.54, 1.807) is 44.9 Å². The molecule has 0 saturated carbocycles. The largest absolute Gasteiger partial charge is 0.495 e. The van der Waals surface area contributed by atoms with Crippen molar-refractivity contribution in [1.29, 1.82) is 0 Å². The first-order valence-electron chi connectivity index (χ1n) is 8.90. The lowest BCUT2D eigenvalue weighted by Gasteiger charge is -2.07. The number of nitrogens with one attached hydrogen (secondary N) is 2. The summed E-state index contributed by atoms with van der Waals surface area (Å²) in [7, 11) is 3.21. The van der Waals surface area contributed by atoms with E-state index in [0.29, 0.717) is 17.3 Å². The number of nitrogens with zero attached hydrogens (tertiary/aromatic N) is 3. The Morgan fingerprint density at radius 3 is 2.55 bits per heavy atom. The van der Waals surface area contributed by atoms with Crippen molar-refractivity contribution >= 4 is 22.8 Å². The van der Waals surface area contributed by atoms with Crippen LogP contribution in [0.2, 0.25) is 0 Å². The van der Waals surface area contributed by atoms with E-state index in [1.807, 2.05) is 18.2 Å². The fourth-order valence-corrected chi connectivity index (χ4v) is 3.18. The summed E-state index contributed by atoms with van der Waals surface area (Å²) in [6.07, 6.45) is 5.00. The lowest BCUT2D eigenvalue weighted by Crippen LogP contribution is -2.07. The van der Waals surface area contributed by atoms with Crippen molar-refractivity contribution in [3.8, 4) is 34.0 Å². The van der Waals surface area contributed by atoms with Crippen molar-refractivity contribution in [1.82, 2.24) is 19.9 Å². The van der Waals surface area contributed by atoms with E-state index in [4.69, 9.17) is 9.47 Å². The van der Waals surface area contributed by atoms with Crippen molar-refractivity contribution in [3.63, 3.8) is 0 Å². The smallest absolute Gasteiger partial charge is 0.222 e. The van der Waals surface area contributed by atoms with E-state index in [1.165, 1.54) is 6.92 Å². The fraction of sp³-hybridized carbons (Fsp3) is 0.143. The molecule has 8 nitrogen and oxygen atoms in total. The standard InChI is InChI=1S/C21H19N5O3/c1-12(27)25-17-10-13(6-8-22-17)19-18(15-5-4-14(28-2)11-24-15)21-20(26-19)16(29-3)7-9-23-21/h4-11,26H,1-3H3,(H,22,25,27). The number of carbonyl (C=O) groups excluding carboxylic acids is 1. The molecule has 0 aliphatic heterocycles. The second-order valence-electron chi connectivity index (χ2n) is 6.31. The molecule has 0 aliphatic rings. The molecule has 4 heterocycles. The molecule has 146 valence electrons. The van der Waals surface area contributed by atoms with Gasteiger partial charge < -0.3 is 19.8 Å². The normalized spacial score (nSPS) is 10.7. The minimum atomic E-state index is -0.188. The monoisotopic (exact) mass is 389 g/mol. The topological polar surface area (TPSA) is 102 Å². The highest BCUT2D eigenvalue weighted by Gasteiger charge is 2.20. The summed E-state index contributed by atoms with van der Waals surface area (Å²) in [5, 5.41) is 2.71. The molecular formula is C21H19N5O3. The Morgan fingerprint density at radius 2 is 1.86 bits per heavy atom. The Balaban J connectivity index is 1.96. The fourth-order valence-electron chi connectivity index (χ4n) is 3.18. The first-order valence-corrected chi connectivity index (χ1v) is 8.90. The Labute approximate surface area is 166 Å². The molecule has 4 rings (SSSR count). The number of pyridine rings is 3. The molecule has 29 heavy (non-hydrogen) atoms. The summed E-state index contributed by atoms with van der Waals surface area (Å²) in [5.74, 6) is 1.61. The number of aromatic nitrogens is 4. The van der Waals surface area contributed by atoms with Crippen LogP contribution in [0.15, 0.2) is 48.9 Å². The van der Waals surface area contributed by atoms with Crippen LogP contribution in [0.5, 0.6) is 11.5 Å². The van der Waals surface area contributed by atoms with Gasteiger partial charge >= 0.3 is 0 Å². The van der Waals surface area contributed by atoms with Crippen LogP contribution in [0.3, 0.4) is 0 Å². The molecule has 0 atom stereocenters. The van der Waals surface area contributed by atoms with Gasteiger partial charge in [-0.2, -0.15) is 0 Å². The third kappa shape index (κ3) is 3.47. The predicted octanol–water partition coefficient (Wildman–Crippen LogP) is 3.66. The molecule has 0 spiro atoms. The van der Waals surface area contributed by atoms with Gasteiger partial charge in [-0.1, -0.05) is 0 Å². The quantitative estimate of drug-likeness (QED) is 0.540. The van der Waals surface area contributed by atoms with Crippen molar-refractivity contribution < 1.29 is 14.3 Å². The molecule has 0 bridgehead atoms. The van der Waals surface area contributed by atoms with Gasteiger partial charge in [0.15, 0.2) is 0 Å². The van der Waals surface area contributed by atoms with Gasteiger partial charge in [-0.05, 0) is 24.3 Å². The summed E-state index contributed by atoms with van der Waals surface area (Å²) >= 11 is 0. The first-order chi connectivity index (χ1) is 14.1. The molecule has 0 unspecified atom stereocenters. The molecule has 0 aliphatic carbocycles. The number of methoxy groups -OCH3 is 2. The van der Waals surface area contributed by atoms with Gasteiger partial charge in [0, 0.05) is 30.9 Å². The number of aromatic amines is 1. The summed E-state index contributed by atoms with van der Waals surface area (Å²) in [4.78, 5) is 28.1. The number of amides is 1. The Kier molecular flexibility index (Phi) is 4.82. The summed E-state index contributed by atoms with van der Waals surface area (Å²) in [5.41, 5.74) is 4.66. The molecule has 1 amide bonds. The summed E-state index contributed by atoms with van der Waals surface area (Å²) in [6.45, 7) is 1.44. The molecule has 0 radical (unpaired) electrons. The number of ether oxygens (including phenoxy) is 2. The lowest BCUT2D eigenvalue weighted by atomic mass is 10.0. The zero-order valence-electron chi connectivity index (χ0n) is 16.2. The second-order valence-corrected chi connectivity index (χ2v) is 6.31. The lowest BCUT2D eigenvalue weighted by molar-refractivity contribution is -0.114. The molecular weight excluding hydrogens is 370 g/mol. The highest BCUT2D eigenvalue weighted by atomic mass is 16.5. The average molecular weight is 389 g/mol. The zero-order valence-corrected chi connectivity index (χ0v) is 16.2. The number of H-pyrrole nitrogens is 1. The highest BCUT2D eigenvalue weighted by molar-refractivity contribution is 6.03. The van der Waals surface area contributed by atoms with Crippen LogP contribution in [-0.2, 0) is 4.79 Å². The predicted molar refractivity (Wildman–Crippen MR) is 110 cm³/mol. The van der Waals surface area contributed by atoms with Crippen LogP contribution in [0, 0.1) is 0 Å². The van der Waals surface area contributed by atoms with E-state index in [9.17, 15) is 4.79 Å². The third-order valence-corrected chi connectivity index (χ3v) is 4.45. The molecule has 2 N–H and O–H groups in total. The van der Waals surface area contributed by atoms with Crippen LogP contribution >= 0.6 is 0 Å². The van der Waals surface area contributed by atoms with E-state index in [-0.39, 0.29) is 5.91 Å². The minimum absolute atomic E-state index is 0.188. The number of hydrogen-bond donors (Lipinski definition) is 2. The van der Waals surface area contributed by atoms with Gasteiger partial charge in [0.2, 0.25) is 5.91 Å². The van der Waals surface area contributed by atoms with Crippen molar-refractivity contribution in [2.45, 2.75) is 6.92 Å². The Morgan fingerprint density at radius 1 is 1.03 bits per heavy atom. The maximum Gasteiger partial charge on any atom is 0.222 e. The molecule has 4 aromatic rings. The Bertz CT molecular complexity index is 1180. The van der Waals surface area contributed by atoms with Gasteiger partial charge in [0.1, 0.15) is 28.4 Å². The van der Waals surface area contributed by atoms with Crippen molar-refractivity contribution in [2.24, 2.45) is 0 Å². The van der Waals surface area contributed by atoms with Crippen LogP contribution in [0.4, 0.5) is 5.82 Å². The van der Waals surface area contributed by atoms with Crippen molar-refractivity contribution in [2.75, 3.05) is 19.5 Å². The molecule has 4 aromatic heterocycles. The van der Waals surface area contributed by atoms with E-state index < -0.39 is 0 Å². The van der Waals surface area contributed by atoms with Crippen molar-refractivity contribution in [3.05, 3.63) is 48.9 Å². The van der Waals surface area contributed by atoms with Crippen LogP contribution in [0.25, 0.3) is 33.5 Å². The van der Waals surface area contributed by atoms with Gasteiger partial charge in [-0.25, -0.2) is 4.98 Å². The SMILES string of the molecule is COc1ccc(-c2c(-c3ccnc(NC(C)=O)c3)[nH]c3c(OC)ccnc23)nc1.